The fourth-order valence-electron chi connectivity index (χ4n) is 3.99. The molecule has 1 aromatic heterocycles. The summed E-state index contributed by atoms with van der Waals surface area (Å²) in [5, 5.41) is 5.96. The zero-order valence-electron chi connectivity index (χ0n) is 17.0. The number of carbonyl (C=O) groups excluding carboxylic acids is 2. The molecule has 3 rings (SSSR count). The predicted octanol–water partition coefficient (Wildman–Crippen LogP) is 5.16. The van der Waals surface area contributed by atoms with Crippen LogP contribution in [0.2, 0.25) is 5.02 Å². The van der Waals surface area contributed by atoms with Gasteiger partial charge in [0.1, 0.15) is 10.6 Å². The lowest BCUT2D eigenvalue weighted by atomic mass is 9.92. The lowest BCUT2D eigenvalue weighted by molar-refractivity contribution is -0.117. The number of anilines is 1. The van der Waals surface area contributed by atoms with Gasteiger partial charge in [-0.25, -0.2) is 4.79 Å². The van der Waals surface area contributed by atoms with Gasteiger partial charge in [0.05, 0.1) is 13.2 Å². The summed E-state index contributed by atoms with van der Waals surface area (Å²) >= 11 is 7.32. The van der Waals surface area contributed by atoms with Crippen LogP contribution in [0, 0.1) is 11.8 Å². The molecular formula is C22H27ClN2O3S. The molecular weight excluding hydrogens is 408 g/mol. The number of piperidine rings is 1. The van der Waals surface area contributed by atoms with Gasteiger partial charge in [-0.3, -0.25) is 9.69 Å². The average Bonchev–Trinajstić information content (AvgIpc) is 3.05. The molecule has 0 aliphatic carbocycles. The molecule has 156 valence electrons. The Bertz CT molecular complexity index is 855. The number of halogens is 1. The van der Waals surface area contributed by atoms with Crippen LogP contribution in [0.4, 0.5) is 5.00 Å². The summed E-state index contributed by atoms with van der Waals surface area (Å²) in [6.07, 6.45) is 1.19. The third-order valence-electron chi connectivity index (χ3n) is 4.99. The van der Waals surface area contributed by atoms with Gasteiger partial charge in [0.25, 0.3) is 0 Å². The SMILES string of the molecule is CCOC(=O)c1c(-c2ccc(Cl)cc2)csc1NC(=O)CN1C[C@@H](C)C[C@H](C)C1. The maximum Gasteiger partial charge on any atom is 0.341 e. The number of nitrogens with one attached hydrogen (secondary N) is 1. The van der Waals surface area contributed by atoms with Gasteiger partial charge >= 0.3 is 5.97 Å². The summed E-state index contributed by atoms with van der Waals surface area (Å²) in [7, 11) is 0. The molecule has 1 aliphatic rings. The third kappa shape index (κ3) is 5.59. The smallest absolute Gasteiger partial charge is 0.341 e. The van der Waals surface area contributed by atoms with E-state index in [0.29, 0.717) is 34.0 Å². The van der Waals surface area contributed by atoms with Gasteiger partial charge in [0, 0.05) is 29.1 Å². The molecule has 5 nitrogen and oxygen atoms in total. The first kappa shape index (κ1) is 21.8. The van der Waals surface area contributed by atoms with Crippen LogP contribution in [-0.2, 0) is 9.53 Å². The van der Waals surface area contributed by atoms with Gasteiger partial charge in [-0.05, 0) is 42.9 Å². The van der Waals surface area contributed by atoms with E-state index in [1.165, 1.54) is 17.8 Å². The van der Waals surface area contributed by atoms with Crippen LogP contribution in [0.15, 0.2) is 29.6 Å². The van der Waals surface area contributed by atoms with Crippen LogP contribution in [0.1, 0.15) is 37.6 Å². The number of benzene rings is 1. The van der Waals surface area contributed by atoms with Crippen molar-refractivity contribution in [3.05, 3.63) is 40.2 Å². The van der Waals surface area contributed by atoms with Crippen molar-refractivity contribution in [2.45, 2.75) is 27.2 Å². The van der Waals surface area contributed by atoms with Crippen LogP contribution in [0.25, 0.3) is 11.1 Å². The molecule has 0 unspecified atom stereocenters. The first-order valence-electron chi connectivity index (χ1n) is 9.94. The second-order valence-electron chi connectivity index (χ2n) is 7.77. The summed E-state index contributed by atoms with van der Waals surface area (Å²) in [5.41, 5.74) is 1.99. The number of hydrogen-bond acceptors (Lipinski definition) is 5. The summed E-state index contributed by atoms with van der Waals surface area (Å²) in [4.78, 5) is 27.5. The minimum Gasteiger partial charge on any atom is -0.462 e. The Morgan fingerprint density at radius 2 is 1.86 bits per heavy atom. The van der Waals surface area contributed by atoms with E-state index in [1.807, 2.05) is 17.5 Å². The zero-order valence-corrected chi connectivity index (χ0v) is 18.6. The highest BCUT2D eigenvalue weighted by atomic mass is 35.5. The summed E-state index contributed by atoms with van der Waals surface area (Å²) in [6.45, 7) is 8.64. The van der Waals surface area contributed by atoms with Crippen molar-refractivity contribution < 1.29 is 14.3 Å². The minimum absolute atomic E-state index is 0.110. The monoisotopic (exact) mass is 434 g/mol. The largest absolute Gasteiger partial charge is 0.462 e. The highest BCUT2D eigenvalue weighted by molar-refractivity contribution is 7.15. The number of likely N-dealkylation sites (tertiary alicyclic amines) is 1. The Balaban J connectivity index is 1.80. The Kier molecular flexibility index (Phi) is 7.33. The van der Waals surface area contributed by atoms with E-state index in [1.54, 1.807) is 19.1 Å². The fourth-order valence-corrected chi connectivity index (χ4v) is 5.09. The Labute approximate surface area is 181 Å². The van der Waals surface area contributed by atoms with Gasteiger partial charge in [0.15, 0.2) is 0 Å². The van der Waals surface area contributed by atoms with Crippen molar-refractivity contribution in [1.82, 2.24) is 4.90 Å². The standard InChI is InChI=1S/C22H27ClN2O3S/c1-4-28-22(27)20-18(16-5-7-17(23)8-6-16)13-29-21(20)24-19(26)12-25-10-14(2)9-15(3)11-25/h5-8,13-15H,4,9-12H2,1-3H3,(H,24,26)/t14-,15-/m0/s1. The first-order valence-corrected chi connectivity index (χ1v) is 11.2. The van der Waals surface area contributed by atoms with Gasteiger partial charge in [-0.15, -0.1) is 11.3 Å². The number of esters is 1. The van der Waals surface area contributed by atoms with Gasteiger partial charge in [0.2, 0.25) is 5.91 Å². The molecule has 7 heteroatoms. The number of carbonyl (C=O) groups is 2. The fraction of sp³-hybridized carbons (Fsp3) is 0.455. The zero-order chi connectivity index (χ0) is 21.0. The molecule has 2 heterocycles. The Morgan fingerprint density at radius 1 is 1.21 bits per heavy atom. The van der Waals surface area contributed by atoms with Crippen LogP contribution in [-0.4, -0.2) is 43.0 Å². The van der Waals surface area contributed by atoms with E-state index in [2.05, 4.69) is 24.1 Å². The van der Waals surface area contributed by atoms with Crippen LogP contribution < -0.4 is 5.32 Å². The number of rotatable bonds is 6. The Hall–Kier alpha value is -1.89. The van der Waals surface area contributed by atoms with Crippen molar-refractivity contribution in [1.29, 1.82) is 0 Å². The predicted molar refractivity (Wildman–Crippen MR) is 119 cm³/mol. The molecule has 1 fully saturated rings. The number of thiophene rings is 1. The molecule has 1 aliphatic heterocycles. The molecule has 1 aromatic carbocycles. The van der Waals surface area contributed by atoms with Crippen molar-refractivity contribution in [3.63, 3.8) is 0 Å². The van der Waals surface area contributed by atoms with Gasteiger partial charge in [-0.1, -0.05) is 37.6 Å². The van der Waals surface area contributed by atoms with Crippen molar-refractivity contribution in [2.24, 2.45) is 11.8 Å². The molecule has 0 bridgehead atoms. The number of hydrogen-bond donors (Lipinski definition) is 1. The number of amides is 1. The van der Waals surface area contributed by atoms with E-state index < -0.39 is 5.97 Å². The average molecular weight is 435 g/mol. The van der Waals surface area contributed by atoms with Crippen LogP contribution in [0.3, 0.4) is 0 Å². The molecule has 2 atom stereocenters. The van der Waals surface area contributed by atoms with Crippen molar-refractivity contribution in [2.75, 3.05) is 31.6 Å². The normalized spacial score (nSPS) is 19.7. The van der Waals surface area contributed by atoms with Crippen LogP contribution >= 0.6 is 22.9 Å². The Morgan fingerprint density at radius 3 is 2.48 bits per heavy atom. The third-order valence-corrected chi connectivity index (χ3v) is 6.14. The maximum absolute atomic E-state index is 12.7. The minimum atomic E-state index is -0.436. The summed E-state index contributed by atoms with van der Waals surface area (Å²) in [6, 6.07) is 7.27. The number of nitrogens with zero attached hydrogens (tertiary/aromatic N) is 1. The first-order chi connectivity index (χ1) is 13.9. The molecule has 1 N–H and O–H groups in total. The van der Waals surface area contributed by atoms with E-state index in [-0.39, 0.29) is 12.5 Å². The molecule has 0 radical (unpaired) electrons. The lowest BCUT2D eigenvalue weighted by Gasteiger charge is -2.34. The molecule has 0 spiro atoms. The maximum atomic E-state index is 12.7. The molecule has 29 heavy (non-hydrogen) atoms. The van der Waals surface area contributed by atoms with Gasteiger partial charge in [-0.2, -0.15) is 0 Å². The summed E-state index contributed by atoms with van der Waals surface area (Å²) in [5.74, 6) is 0.621. The molecule has 0 saturated carbocycles. The van der Waals surface area contributed by atoms with E-state index in [4.69, 9.17) is 16.3 Å². The quantitative estimate of drug-likeness (QED) is 0.638. The van der Waals surface area contributed by atoms with E-state index >= 15 is 0 Å². The van der Waals surface area contributed by atoms with E-state index in [0.717, 1.165) is 24.2 Å². The second kappa shape index (κ2) is 9.74. The van der Waals surface area contributed by atoms with Crippen molar-refractivity contribution >= 4 is 39.8 Å². The molecule has 2 aromatic rings. The number of ether oxygens (including phenoxy) is 1. The van der Waals surface area contributed by atoms with Crippen LogP contribution in [0.5, 0.6) is 0 Å². The lowest BCUT2D eigenvalue weighted by Crippen LogP contribution is -2.42. The van der Waals surface area contributed by atoms with E-state index in [9.17, 15) is 9.59 Å². The highest BCUT2D eigenvalue weighted by Crippen LogP contribution is 2.36. The summed E-state index contributed by atoms with van der Waals surface area (Å²) < 4.78 is 5.25. The van der Waals surface area contributed by atoms with Crippen molar-refractivity contribution in [3.8, 4) is 11.1 Å². The molecule has 1 amide bonds. The molecule has 1 saturated heterocycles. The second-order valence-corrected chi connectivity index (χ2v) is 9.09. The topological polar surface area (TPSA) is 58.6 Å². The van der Waals surface area contributed by atoms with Gasteiger partial charge < -0.3 is 10.1 Å². The highest BCUT2D eigenvalue weighted by Gasteiger charge is 2.26.